The maximum atomic E-state index is 5.58. The van der Waals surface area contributed by atoms with Gasteiger partial charge in [0, 0.05) is 18.0 Å². The van der Waals surface area contributed by atoms with Crippen LogP contribution in [0.1, 0.15) is 0 Å². The first-order valence-electron chi connectivity index (χ1n) is 8.43. The van der Waals surface area contributed by atoms with Crippen LogP contribution in [0.2, 0.25) is 0 Å². The number of aromatic nitrogens is 1. The number of para-hydroxylation sites is 2. The lowest BCUT2D eigenvalue weighted by molar-refractivity contribution is 0.0316. The summed E-state index contributed by atoms with van der Waals surface area (Å²) in [6.45, 7) is 3.43. The van der Waals surface area contributed by atoms with Crippen molar-refractivity contribution in [3.63, 3.8) is 0 Å². The summed E-state index contributed by atoms with van der Waals surface area (Å²) < 4.78 is 7.69. The Kier molecular flexibility index (Phi) is 4.80. The molecule has 1 unspecified atom stereocenters. The fourth-order valence-corrected chi connectivity index (χ4v) is 8.82. The highest BCUT2D eigenvalue weighted by Crippen LogP contribution is 2.58. The summed E-state index contributed by atoms with van der Waals surface area (Å²) in [6, 6.07) is 16.9. The molecule has 2 aliphatic rings. The largest absolute Gasteiger partial charge is 0.379 e. The van der Waals surface area contributed by atoms with E-state index in [-0.39, 0.29) is 4.33 Å². The Morgan fingerprint density at radius 1 is 1.08 bits per heavy atom. The van der Waals surface area contributed by atoms with Gasteiger partial charge in [0.05, 0.1) is 29.1 Å². The SMILES string of the molecule is c1ccc2c(c1)NC(SSc1nc3ccccc3s1)(N1CCOCC1)S2. The van der Waals surface area contributed by atoms with Gasteiger partial charge in [0.15, 0.2) is 4.34 Å². The maximum Gasteiger partial charge on any atom is 0.203 e. The van der Waals surface area contributed by atoms with Crippen LogP contribution in [0.4, 0.5) is 5.69 Å². The average Bonchev–Trinajstić information content (AvgIpc) is 3.28. The molecule has 0 aliphatic carbocycles. The lowest BCUT2D eigenvalue weighted by atomic mass is 10.3. The molecule has 1 aromatic heterocycles. The fraction of sp³-hybridized carbons (Fsp3) is 0.278. The Bertz CT molecular complexity index is 867. The van der Waals surface area contributed by atoms with Crippen LogP contribution in [-0.4, -0.2) is 40.5 Å². The minimum absolute atomic E-state index is 0.226. The van der Waals surface area contributed by atoms with Crippen LogP contribution in [0.15, 0.2) is 57.8 Å². The van der Waals surface area contributed by atoms with Crippen molar-refractivity contribution < 1.29 is 4.74 Å². The Balaban J connectivity index is 1.41. The van der Waals surface area contributed by atoms with Crippen molar-refractivity contribution in [1.82, 2.24) is 9.88 Å². The van der Waals surface area contributed by atoms with Crippen LogP contribution >= 0.6 is 44.7 Å². The number of hydrogen-bond donors (Lipinski definition) is 1. The summed E-state index contributed by atoms with van der Waals surface area (Å²) in [6.07, 6.45) is 0. The molecule has 134 valence electrons. The summed E-state index contributed by atoms with van der Waals surface area (Å²) >= 11 is 3.66. The summed E-state index contributed by atoms with van der Waals surface area (Å²) in [5, 5.41) is 3.77. The number of ether oxygens (including phenoxy) is 1. The second-order valence-corrected chi connectivity index (χ2v) is 11.1. The van der Waals surface area contributed by atoms with Crippen LogP contribution in [0.25, 0.3) is 10.2 Å². The zero-order chi connectivity index (χ0) is 17.4. The molecule has 26 heavy (non-hydrogen) atoms. The molecule has 3 heterocycles. The molecule has 4 nitrogen and oxygen atoms in total. The highest BCUT2D eigenvalue weighted by Gasteiger charge is 2.45. The number of anilines is 1. The van der Waals surface area contributed by atoms with Gasteiger partial charge < -0.3 is 10.1 Å². The van der Waals surface area contributed by atoms with Gasteiger partial charge in [0.25, 0.3) is 0 Å². The molecule has 0 bridgehead atoms. The summed E-state index contributed by atoms with van der Waals surface area (Å²) in [5.74, 6) is 0. The molecule has 0 radical (unpaired) electrons. The van der Waals surface area contributed by atoms with Crippen LogP contribution in [0.3, 0.4) is 0 Å². The normalized spacial score (nSPS) is 23.1. The average molecular weight is 420 g/mol. The summed E-state index contributed by atoms with van der Waals surface area (Å²) in [4.78, 5) is 8.57. The van der Waals surface area contributed by atoms with Crippen LogP contribution in [0.5, 0.6) is 0 Å². The summed E-state index contributed by atoms with van der Waals surface area (Å²) in [7, 11) is 3.61. The number of nitrogens with one attached hydrogen (secondary N) is 1. The zero-order valence-electron chi connectivity index (χ0n) is 13.9. The van der Waals surface area contributed by atoms with Crippen LogP contribution in [-0.2, 0) is 4.74 Å². The highest BCUT2D eigenvalue weighted by molar-refractivity contribution is 8.79. The zero-order valence-corrected chi connectivity index (χ0v) is 17.1. The minimum Gasteiger partial charge on any atom is -0.379 e. The number of rotatable bonds is 4. The predicted molar refractivity (Wildman–Crippen MR) is 114 cm³/mol. The molecule has 1 atom stereocenters. The number of morpholine rings is 1. The van der Waals surface area contributed by atoms with Crippen molar-refractivity contribution in [2.75, 3.05) is 31.6 Å². The summed E-state index contributed by atoms with van der Waals surface area (Å²) in [5.41, 5.74) is 2.29. The molecular weight excluding hydrogens is 402 g/mol. The van der Waals surface area contributed by atoms with E-state index in [9.17, 15) is 0 Å². The molecule has 1 saturated heterocycles. The molecule has 2 aliphatic heterocycles. The van der Waals surface area contributed by atoms with E-state index in [0.29, 0.717) is 0 Å². The predicted octanol–water partition coefficient (Wildman–Crippen LogP) is 5.20. The molecule has 0 saturated carbocycles. The second kappa shape index (κ2) is 7.26. The van der Waals surface area contributed by atoms with E-state index in [0.717, 1.165) is 36.2 Å². The molecule has 5 rings (SSSR count). The monoisotopic (exact) mass is 419 g/mol. The van der Waals surface area contributed by atoms with Crippen molar-refractivity contribution >= 4 is 60.6 Å². The minimum atomic E-state index is -0.226. The number of nitrogens with zero attached hydrogens (tertiary/aromatic N) is 2. The molecule has 8 heteroatoms. The Morgan fingerprint density at radius 2 is 1.88 bits per heavy atom. The van der Waals surface area contributed by atoms with Gasteiger partial charge in [-0.25, -0.2) is 4.98 Å². The standard InChI is InChI=1S/C18H17N3OS4/c1-3-7-15-13(5-1)19-17(23-15)25-26-18(21-9-11-22-12-10-21)20-14-6-2-4-8-16(14)24-18/h1-8,20H,9-12H2. The van der Waals surface area contributed by atoms with Crippen molar-refractivity contribution in [3.8, 4) is 0 Å². The van der Waals surface area contributed by atoms with Gasteiger partial charge in [-0.2, -0.15) is 0 Å². The smallest absolute Gasteiger partial charge is 0.203 e. The Labute approximate surface area is 168 Å². The van der Waals surface area contributed by atoms with Gasteiger partial charge >= 0.3 is 0 Å². The number of fused-ring (bicyclic) bond motifs is 2. The van der Waals surface area contributed by atoms with E-state index in [2.05, 4.69) is 52.7 Å². The van der Waals surface area contributed by atoms with Crippen LogP contribution < -0.4 is 5.32 Å². The number of hydrogen-bond acceptors (Lipinski definition) is 8. The lowest BCUT2D eigenvalue weighted by Crippen LogP contribution is -2.52. The first kappa shape index (κ1) is 17.2. The first-order chi connectivity index (χ1) is 12.8. The third-order valence-corrected chi connectivity index (χ3v) is 10.4. The van der Waals surface area contributed by atoms with Crippen LogP contribution in [0, 0.1) is 0 Å². The lowest BCUT2D eigenvalue weighted by Gasteiger charge is -2.41. The second-order valence-electron chi connectivity index (χ2n) is 6.02. The topological polar surface area (TPSA) is 37.4 Å². The molecule has 3 aromatic rings. The van der Waals surface area contributed by atoms with E-state index in [1.807, 2.05) is 28.6 Å². The van der Waals surface area contributed by atoms with Crippen molar-refractivity contribution in [1.29, 1.82) is 0 Å². The van der Waals surface area contributed by atoms with Crippen molar-refractivity contribution in [2.24, 2.45) is 0 Å². The van der Waals surface area contributed by atoms with E-state index < -0.39 is 0 Å². The van der Waals surface area contributed by atoms with E-state index in [1.165, 1.54) is 15.3 Å². The quantitative estimate of drug-likeness (QED) is 0.583. The molecular formula is C18H17N3OS4. The number of thioether (sulfide) groups is 1. The van der Waals surface area contributed by atoms with E-state index in [4.69, 9.17) is 9.72 Å². The van der Waals surface area contributed by atoms with E-state index >= 15 is 0 Å². The van der Waals surface area contributed by atoms with Gasteiger partial charge in [-0.05, 0) is 45.9 Å². The van der Waals surface area contributed by atoms with Gasteiger partial charge in [0.1, 0.15) is 0 Å². The first-order valence-corrected chi connectivity index (χ1v) is 12.2. The highest BCUT2D eigenvalue weighted by atomic mass is 33.1. The number of benzene rings is 2. The van der Waals surface area contributed by atoms with Gasteiger partial charge in [-0.15, -0.1) is 11.3 Å². The fourth-order valence-electron chi connectivity index (χ4n) is 3.07. The molecule has 1 fully saturated rings. The number of thiazole rings is 1. The van der Waals surface area contributed by atoms with E-state index in [1.54, 1.807) is 22.1 Å². The maximum absolute atomic E-state index is 5.58. The molecule has 2 aromatic carbocycles. The third kappa shape index (κ3) is 3.23. The van der Waals surface area contributed by atoms with Gasteiger partial charge in [-0.3, -0.25) is 4.90 Å². The molecule has 0 spiro atoms. The third-order valence-electron chi connectivity index (χ3n) is 4.36. The van der Waals surface area contributed by atoms with Gasteiger partial charge in [0.2, 0.25) is 4.33 Å². The van der Waals surface area contributed by atoms with Crippen molar-refractivity contribution in [2.45, 2.75) is 13.6 Å². The molecule has 1 N–H and O–H groups in total. The molecule has 0 amide bonds. The van der Waals surface area contributed by atoms with Crippen molar-refractivity contribution in [3.05, 3.63) is 48.5 Å². The Hall–Kier alpha value is -0.900. The Morgan fingerprint density at radius 3 is 2.73 bits per heavy atom. The van der Waals surface area contributed by atoms with Gasteiger partial charge in [-0.1, -0.05) is 36.0 Å².